The van der Waals surface area contributed by atoms with Crippen LogP contribution in [-0.2, 0) is 11.3 Å². The topological polar surface area (TPSA) is 56.1 Å². The lowest BCUT2D eigenvalue weighted by atomic mass is 10.1. The number of ether oxygens (including phenoxy) is 1. The van der Waals surface area contributed by atoms with Crippen LogP contribution < -0.4 is 5.32 Å². The lowest BCUT2D eigenvalue weighted by molar-refractivity contribution is 0.102. The standard InChI is InChI=1S/C18H17N3O2/c1-23-12-14-4-2-6-16(10-14)20-18(22)15-5-3-7-17(11-15)21-9-8-19-13-21/h2-11,13H,12H2,1H3,(H,20,22). The third kappa shape index (κ3) is 3.64. The smallest absolute Gasteiger partial charge is 0.255 e. The van der Waals surface area contributed by atoms with E-state index in [9.17, 15) is 4.79 Å². The van der Waals surface area contributed by atoms with E-state index in [-0.39, 0.29) is 5.91 Å². The van der Waals surface area contributed by atoms with Crippen molar-refractivity contribution in [3.63, 3.8) is 0 Å². The van der Waals surface area contributed by atoms with Gasteiger partial charge in [0.2, 0.25) is 0 Å². The Hall–Kier alpha value is -2.92. The number of nitrogens with one attached hydrogen (secondary N) is 1. The van der Waals surface area contributed by atoms with Crippen molar-refractivity contribution in [1.82, 2.24) is 9.55 Å². The maximum absolute atomic E-state index is 12.4. The largest absolute Gasteiger partial charge is 0.380 e. The summed E-state index contributed by atoms with van der Waals surface area (Å²) in [6.45, 7) is 0.514. The normalized spacial score (nSPS) is 10.5. The van der Waals surface area contributed by atoms with E-state index < -0.39 is 0 Å². The van der Waals surface area contributed by atoms with Crippen molar-refractivity contribution in [2.45, 2.75) is 6.61 Å². The van der Waals surface area contributed by atoms with Crippen LogP contribution in [0.1, 0.15) is 15.9 Å². The van der Waals surface area contributed by atoms with Crippen LogP contribution in [0.2, 0.25) is 0 Å². The monoisotopic (exact) mass is 307 g/mol. The molecule has 1 aromatic heterocycles. The number of anilines is 1. The summed E-state index contributed by atoms with van der Waals surface area (Å²) in [6, 6.07) is 15.0. The molecule has 0 bridgehead atoms. The zero-order valence-electron chi connectivity index (χ0n) is 12.8. The molecule has 2 aromatic carbocycles. The minimum absolute atomic E-state index is 0.151. The van der Waals surface area contributed by atoms with E-state index in [4.69, 9.17) is 4.74 Å². The Morgan fingerprint density at radius 3 is 2.87 bits per heavy atom. The molecule has 0 atom stereocenters. The summed E-state index contributed by atoms with van der Waals surface area (Å²) in [5.74, 6) is -0.151. The van der Waals surface area contributed by atoms with Gasteiger partial charge in [0.15, 0.2) is 0 Å². The Balaban J connectivity index is 1.78. The third-order valence-electron chi connectivity index (χ3n) is 3.41. The lowest BCUT2D eigenvalue weighted by Crippen LogP contribution is -2.12. The Morgan fingerprint density at radius 1 is 1.22 bits per heavy atom. The molecule has 5 nitrogen and oxygen atoms in total. The number of benzene rings is 2. The quantitative estimate of drug-likeness (QED) is 0.787. The number of aromatic nitrogens is 2. The molecule has 0 spiro atoms. The van der Waals surface area contributed by atoms with Gasteiger partial charge in [0, 0.05) is 36.4 Å². The average molecular weight is 307 g/mol. The molecular formula is C18H17N3O2. The second-order valence-corrected chi connectivity index (χ2v) is 5.11. The van der Waals surface area contributed by atoms with Crippen molar-refractivity contribution in [2.75, 3.05) is 12.4 Å². The van der Waals surface area contributed by atoms with Crippen molar-refractivity contribution >= 4 is 11.6 Å². The highest BCUT2D eigenvalue weighted by Crippen LogP contribution is 2.15. The van der Waals surface area contributed by atoms with Crippen LogP contribution in [0.5, 0.6) is 0 Å². The van der Waals surface area contributed by atoms with Crippen LogP contribution in [0.15, 0.2) is 67.3 Å². The summed E-state index contributed by atoms with van der Waals surface area (Å²) in [4.78, 5) is 16.5. The molecule has 0 aliphatic rings. The van der Waals surface area contributed by atoms with Crippen molar-refractivity contribution in [2.24, 2.45) is 0 Å². The SMILES string of the molecule is COCc1cccc(NC(=O)c2cccc(-n3ccnc3)c2)c1. The minimum atomic E-state index is -0.151. The van der Waals surface area contributed by atoms with Crippen LogP contribution in [0.25, 0.3) is 5.69 Å². The lowest BCUT2D eigenvalue weighted by Gasteiger charge is -2.09. The van der Waals surface area contributed by atoms with E-state index in [2.05, 4.69) is 10.3 Å². The Morgan fingerprint density at radius 2 is 2.09 bits per heavy atom. The number of carbonyl (C=O) groups excluding carboxylic acids is 1. The maximum Gasteiger partial charge on any atom is 0.255 e. The molecule has 0 aliphatic heterocycles. The van der Waals surface area contributed by atoms with Gasteiger partial charge in [-0.25, -0.2) is 4.98 Å². The van der Waals surface area contributed by atoms with Gasteiger partial charge in [-0.1, -0.05) is 18.2 Å². The van der Waals surface area contributed by atoms with Crippen LogP contribution in [0.4, 0.5) is 5.69 Å². The number of hydrogen-bond donors (Lipinski definition) is 1. The molecule has 1 N–H and O–H groups in total. The van der Waals surface area contributed by atoms with Crippen LogP contribution >= 0.6 is 0 Å². The average Bonchev–Trinajstić information content (AvgIpc) is 3.10. The van der Waals surface area contributed by atoms with Crippen LogP contribution in [0, 0.1) is 0 Å². The molecule has 3 rings (SSSR count). The summed E-state index contributed by atoms with van der Waals surface area (Å²) >= 11 is 0. The van der Waals surface area contributed by atoms with Gasteiger partial charge in [0.1, 0.15) is 0 Å². The fourth-order valence-corrected chi connectivity index (χ4v) is 2.33. The predicted octanol–water partition coefficient (Wildman–Crippen LogP) is 3.27. The number of methoxy groups -OCH3 is 1. The number of amides is 1. The van der Waals surface area contributed by atoms with Gasteiger partial charge in [0.25, 0.3) is 5.91 Å². The maximum atomic E-state index is 12.4. The molecule has 116 valence electrons. The number of rotatable bonds is 5. The van der Waals surface area contributed by atoms with Gasteiger partial charge in [-0.2, -0.15) is 0 Å². The van der Waals surface area contributed by atoms with Gasteiger partial charge in [-0.15, -0.1) is 0 Å². The van der Waals surface area contributed by atoms with Crippen molar-refractivity contribution in [1.29, 1.82) is 0 Å². The van der Waals surface area contributed by atoms with Crippen molar-refractivity contribution in [3.05, 3.63) is 78.4 Å². The highest BCUT2D eigenvalue weighted by Gasteiger charge is 2.08. The number of imidazole rings is 1. The predicted molar refractivity (Wildman–Crippen MR) is 88.7 cm³/mol. The highest BCUT2D eigenvalue weighted by atomic mass is 16.5. The molecule has 0 radical (unpaired) electrons. The molecular weight excluding hydrogens is 290 g/mol. The Labute approximate surface area is 134 Å². The van der Waals surface area contributed by atoms with Crippen molar-refractivity contribution in [3.8, 4) is 5.69 Å². The third-order valence-corrected chi connectivity index (χ3v) is 3.41. The highest BCUT2D eigenvalue weighted by molar-refractivity contribution is 6.04. The van der Waals surface area contributed by atoms with Crippen molar-refractivity contribution < 1.29 is 9.53 Å². The van der Waals surface area contributed by atoms with E-state index in [1.807, 2.05) is 53.2 Å². The molecule has 0 saturated heterocycles. The number of carbonyl (C=O) groups is 1. The molecule has 0 unspecified atom stereocenters. The number of hydrogen-bond acceptors (Lipinski definition) is 3. The fourth-order valence-electron chi connectivity index (χ4n) is 2.33. The Bertz CT molecular complexity index is 798. The van der Waals surface area contributed by atoms with Gasteiger partial charge < -0.3 is 14.6 Å². The molecule has 0 saturated carbocycles. The molecule has 1 heterocycles. The summed E-state index contributed by atoms with van der Waals surface area (Å²) in [6.07, 6.45) is 5.24. The summed E-state index contributed by atoms with van der Waals surface area (Å²) in [5.41, 5.74) is 3.24. The first-order valence-corrected chi connectivity index (χ1v) is 7.24. The summed E-state index contributed by atoms with van der Waals surface area (Å²) < 4.78 is 6.97. The zero-order valence-corrected chi connectivity index (χ0v) is 12.8. The zero-order chi connectivity index (χ0) is 16.1. The molecule has 0 aliphatic carbocycles. The number of nitrogens with zero attached hydrogens (tertiary/aromatic N) is 2. The summed E-state index contributed by atoms with van der Waals surface area (Å²) in [7, 11) is 1.65. The molecule has 0 fully saturated rings. The second kappa shape index (κ2) is 6.89. The van der Waals surface area contributed by atoms with Gasteiger partial charge >= 0.3 is 0 Å². The van der Waals surface area contributed by atoms with Gasteiger partial charge in [-0.3, -0.25) is 4.79 Å². The molecule has 3 aromatic rings. The molecule has 1 amide bonds. The first-order chi connectivity index (χ1) is 11.3. The fraction of sp³-hybridized carbons (Fsp3) is 0.111. The van der Waals surface area contributed by atoms with E-state index in [0.717, 1.165) is 16.9 Å². The van der Waals surface area contributed by atoms with Gasteiger partial charge in [-0.05, 0) is 35.9 Å². The first kappa shape index (κ1) is 15.0. The first-order valence-electron chi connectivity index (χ1n) is 7.24. The molecule has 23 heavy (non-hydrogen) atoms. The van der Waals surface area contributed by atoms with E-state index in [1.165, 1.54) is 0 Å². The van der Waals surface area contributed by atoms with Gasteiger partial charge in [0.05, 0.1) is 12.9 Å². The minimum Gasteiger partial charge on any atom is -0.380 e. The molecule has 5 heteroatoms. The van der Waals surface area contributed by atoms with E-state index in [1.54, 1.807) is 25.7 Å². The van der Waals surface area contributed by atoms with Crippen LogP contribution in [0.3, 0.4) is 0 Å². The summed E-state index contributed by atoms with van der Waals surface area (Å²) in [5, 5.41) is 2.91. The van der Waals surface area contributed by atoms with E-state index >= 15 is 0 Å². The van der Waals surface area contributed by atoms with Crippen LogP contribution in [-0.4, -0.2) is 22.6 Å². The Kier molecular flexibility index (Phi) is 4.49. The second-order valence-electron chi connectivity index (χ2n) is 5.11. The van der Waals surface area contributed by atoms with E-state index in [0.29, 0.717) is 12.2 Å².